The van der Waals surface area contributed by atoms with Crippen LogP contribution in [0.3, 0.4) is 0 Å². The molecule has 0 fully saturated rings. The Balaban J connectivity index is 3.86. The zero-order valence-corrected chi connectivity index (χ0v) is 53.3. The van der Waals surface area contributed by atoms with Crippen molar-refractivity contribution in [2.24, 2.45) is 0 Å². The van der Waals surface area contributed by atoms with Crippen LogP contribution in [0.5, 0.6) is 0 Å². The predicted molar refractivity (Wildman–Crippen MR) is 334 cm³/mol. The standard InChI is InChI=1S/C70H133NO8/c1-6-8-10-12-14-16-18-20-22-23-24-25-26-27-28-29-30-31-32-33-34-35-36-37-38-39-40-41-42-43-44-45-46-47-49-50-52-54-56-58-60-67(72)77-64-66(65-78-70(69(74)75)76-63-62-71(3,4)5)79-68(73)61-59-57-55-53-51-48-21-19-17-15-13-11-9-7-2/h13,15,19,21,66,70H,6-12,14,16-18,20,22-65H2,1-5H3/b15-13-,21-19-. The first-order valence-electron chi connectivity index (χ1n) is 34.5. The molecule has 0 aliphatic rings. The van der Waals surface area contributed by atoms with Gasteiger partial charge in [-0.1, -0.05) is 321 Å². The number of likely N-dealkylation sites (N-methyl/N-ethyl adjacent to an activating group) is 1. The van der Waals surface area contributed by atoms with Gasteiger partial charge in [-0.15, -0.1) is 0 Å². The normalized spacial score (nSPS) is 12.8. The molecule has 79 heavy (non-hydrogen) atoms. The molecule has 466 valence electrons. The third kappa shape index (κ3) is 63.2. The fourth-order valence-corrected chi connectivity index (χ4v) is 10.4. The van der Waals surface area contributed by atoms with Crippen LogP contribution in [0.1, 0.15) is 348 Å². The molecule has 9 heteroatoms. The van der Waals surface area contributed by atoms with E-state index in [1.165, 1.54) is 250 Å². The highest BCUT2D eigenvalue weighted by Crippen LogP contribution is 2.19. The van der Waals surface area contributed by atoms with E-state index in [1.807, 2.05) is 21.1 Å². The molecule has 0 aliphatic carbocycles. The van der Waals surface area contributed by atoms with Crippen LogP contribution in [-0.2, 0) is 33.3 Å². The van der Waals surface area contributed by atoms with Gasteiger partial charge in [0.25, 0.3) is 0 Å². The van der Waals surface area contributed by atoms with Crippen molar-refractivity contribution in [3.63, 3.8) is 0 Å². The Bertz CT molecular complexity index is 1340. The second-order valence-electron chi connectivity index (χ2n) is 24.8. The molecule has 0 radical (unpaired) electrons. The Morgan fingerprint density at radius 3 is 1.04 bits per heavy atom. The molecule has 0 rings (SSSR count). The first-order valence-corrected chi connectivity index (χ1v) is 34.5. The Kier molecular flexibility index (Phi) is 60.1. The van der Waals surface area contributed by atoms with Crippen LogP contribution in [0.4, 0.5) is 0 Å². The molecule has 0 aromatic carbocycles. The van der Waals surface area contributed by atoms with Crippen LogP contribution in [-0.4, -0.2) is 82.3 Å². The van der Waals surface area contributed by atoms with Gasteiger partial charge in [0.05, 0.1) is 40.3 Å². The number of hydrogen-bond donors (Lipinski definition) is 0. The molecule has 0 heterocycles. The number of carbonyl (C=O) groups is 3. The number of allylic oxidation sites excluding steroid dienone is 4. The third-order valence-electron chi connectivity index (χ3n) is 15.7. The average Bonchev–Trinajstić information content (AvgIpc) is 3.42. The number of esters is 2. The highest BCUT2D eigenvalue weighted by molar-refractivity contribution is 5.70. The van der Waals surface area contributed by atoms with E-state index in [0.29, 0.717) is 23.9 Å². The summed E-state index contributed by atoms with van der Waals surface area (Å²) in [7, 11) is 5.93. The van der Waals surface area contributed by atoms with Gasteiger partial charge in [-0.3, -0.25) is 9.59 Å². The van der Waals surface area contributed by atoms with Gasteiger partial charge in [0.2, 0.25) is 0 Å². The monoisotopic (exact) mass is 1120 g/mol. The number of rotatable bonds is 65. The fourth-order valence-electron chi connectivity index (χ4n) is 10.4. The quantitative estimate of drug-likeness (QED) is 0.0195. The van der Waals surface area contributed by atoms with Crippen LogP contribution in [0.2, 0.25) is 0 Å². The Hall–Kier alpha value is -2.23. The molecule has 0 N–H and O–H groups in total. The van der Waals surface area contributed by atoms with Crippen LogP contribution >= 0.6 is 0 Å². The molecule has 0 saturated heterocycles. The first kappa shape index (κ1) is 76.8. The number of aliphatic carboxylic acids is 1. The number of unbranched alkanes of at least 4 members (excludes halogenated alkanes) is 46. The lowest BCUT2D eigenvalue weighted by molar-refractivity contribution is -0.870. The highest BCUT2D eigenvalue weighted by atomic mass is 16.7. The molecule has 2 unspecified atom stereocenters. The minimum absolute atomic E-state index is 0.147. The Morgan fingerprint density at radius 2 is 0.696 bits per heavy atom. The number of carboxylic acids is 1. The molecule has 0 bridgehead atoms. The molecular formula is C70H133NO8. The summed E-state index contributed by atoms with van der Waals surface area (Å²) < 4.78 is 22.7. The van der Waals surface area contributed by atoms with Crippen molar-refractivity contribution in [2.45, 2.75) is 360 Å². The SMILES string of the molecule is CCCC/C=C\C/C=C\CCCCCCCC(=O)OC(COC(=O)CCCCCCCCCCCCCCCCCCCCCCCCCCCCCCCCCCCCCCCCCC)COC(OCC[N+](C)(C)C)C(=O)[O-]. The van der Waals surface area contributed by atoms with Gasteiger partial charge < -0.3 is 33.3 Å². The second-order valence-corrected chi connectivity index (χ2v) is 24.8. The maximum Gasteiger partial charge on any atom is 0.306 e. The largest absolute Gasteiger partial charge is 0.545 e. The molecule has 2 atom stereocenters. The van der Waals surface area contributed by atoms with E-state index in [9.17, 15) is 19.5 Å². The van der Waals surface area contributed by atoms with E-state index < -0.39 is 24.3 Å². The van der Waals surface area contributed by atoms with E-state index >= 15 is 0 Å². The Labute approximate surface area is 490 Å². The number of hydrogen-bond acceptors (Lipinski definition) is 8. The molecule has 0 saturated carbocycles. The summed E-state index contributed by atoms with van der Waals surface area (Å²) in [6.07, 6.45) is 73.0. The summed E-state index contributed by atoms with van der Waals surface area (Å²) in [6.45, 7) is 4.74. The maximum atomic E-state index is 12.8. The Morgan fingerprint density at radius 1 is 0.380 bits per heavy atom. The van der Waals surface area contributed by atoms with Crippen LogP contribution in [0.25, 0.3) is 0 Å². The van der Waals surface area contributed by atoms with Gasteiger partial charge in [0.1, 0.15) is 13.2 Å². The van der Waals surface area contributed by atoms with Gasteiger partial charge in [0.15, 0.2) is 12.4 Å². The number of ether oxygens (including phenoxy) is 4. The van der Waals surface area contributed by atoms with Crippen LogP contribution in [0, 0.1) is 0 Å². The average molecular weight is 1120 g/mol. The number of carboxylic acid groups (broad SMARTS) is 1. The zero-order chi connectivity index (χ0) is 57.6. The minimum atomic E-state index is -1.62. The van der Waals surface area contributed by atoms with Gasteiger partial charge in [-0.2, -0.15) is 0 Å². The van der Waals surface area contributed by atoms with E-state index in [-0.39, 0.29) is 32.2 Å². The van der Waals surface area contributed by atoms with E-state index in [4.69, 9.17) is 18.9 Å². The van der Waals surface area contributed by atoms with E-state index in [1.54, 1.807) is 0 Å². The molecule has 0 spiro atoms. The molecule has 0 aromatic rings. The summed E-state index contributed by atoms with van der Waals surface area (Å²) in [6, 6.07) is 0. The molecule has 0 amide bonds. The summed E-state index contributed by atoms with van der Waals surface area (Å²) >= 11 is 0. The van der Waals surface area contributed by atoms with E-state index in [2.05, 4.69) is 38.2 Å². The van der Waals surface area contributed by atoms with Gasteiger partial charge in [0, 0.05) is 12.8 Å². The molecule has 0 aromatic heterocycles. The molecule has 9 nitrogen and oxygen atoms in total. The van der Waals surface area contributed by atoms with Crippen molar-refractivity contribution in [1.29, 1.82) is 0 Å². The van der Waals surface area contributed by atoms with Gasteiger partial charge >= 0.3 is 11.9 Å². The minimum Gasteiger partial charge on any atom is -0.545 e. The van der Waals surface area contributed by atoms with Crippen molar-refractivity contribution >= 4 is 17.9 Å². The second kappa shape index (κ2) is 61.8. The number of quaternary nitrogens is 1. The summed E-state index contributed by atoms with van der Waals surface area (Å²) in [5.74, 6) is -2.28. The lowest BCUT2D eigenvalue weighted by atomic mass is 10.0. The third-order valence-corrected chi connectivity index (χ3v) is 15.7. The zero-order valence-electron chi connectivity index (χ0n) is 53.3. The lowest BCUT2D eigenvalue weighted by Gasteiger charge is -2.26. The van der Waals surface area contributed by atoms with Crippen molar-refractivity contribution in [1.82, 2.24) is 0 Å². The van der Waals surface area contributed by atoms with Crippen LogP contribution in [0.15, 0.2) is 24.3 Å². The van der Waals surface area contributed by atoms with Gasteiger partial charge in [-0.05, 0) is 38.5 Å². The topological polar surface area (TPSA) is 111 Å². The van der Waals surface area contributed by atoms with Crippen molar-refractivity contribution in [3.8, 4) is 0 Å². The fraction of sp³-hybridized carbons (Fsp3) is 0.900. The number of nitrogens with zero attached hydrogens (tertiary/aromatic N) is 1. The molecular weight excluding hydrogens is 983 g/mol. The van der Waals surface area contributed by atoms with Crippen LogP contribution < -0.4 is 5.11 Å². The predicted octanol–water partition coefficient (Wildman–Crippen LogP) is 19.7. The maximum absolute atomic E-state index is 12.8. The summed E-state index contributed by atoms with van der Waals surface area (Å²) in [4.78, 5) is 37.3. The van der Waals surface area contributed by atoms with Crippen molar-refractivity contribution in [3.05, 3.63) is 24.3 Å². The first-order chi connectivity index (χ1) is 38.6. The van der Waals surface area contributed by atoms with Gasteiger partial charge in [-0.25, -0.2) is 0 Å². The van der Waals surface area contributed by atoms with Crippen molar-refractivity contribution < 1.29 is 42.9 Å². The van der Waals surface area contributed by atoms with Crippen molar-refractivity contribution in [2.75, 3.05) is 47.5 Å². The molecule has 0 aliphatic heterocycles. The lowest BCUT2D eigenvalue weighted by Crippen LogP contribution is -2.44. The highest BCUT2D eigenvalue weighted by Gasteiger charge is 2.22. The smallest absolute Gasteiger partial charge is 0.306 e. The van der Waals surface area contributed by atoms with E-state index in [0.717, 1.165) is 64.2 Å². The summed E-state index contributed by atoms with van der Waals surface area (Å²) in [5.41, 5.74) is 0. The number of carbonyl (C=O) groups excluding carboxylic acids is 3. The summed E-state index contributed by atoms with van der Waals surface area (Å²) in [5, 5.41) is 11.8.